The zero-order valence-electron chi connectivity index (χ0n) is 14.5. The molecule has 0 aliphatic rings. The molecule has 0 atom stereocenters. The molecule has 11 heteroatoms. The molecule has 1 amide bonds. The first kappa shape index (κ1) is 18.7. The third-order valence-corrected chi connectivity index (χ3v) is 5.47. The number of anilines is 3. The van der Waals surface area contributed by atoms with Crippen molar-refractivity contribution < 1.29 is 9.90 Å². The molecule has 0 spiro atoms. The van der Waals surface area contributed by atoms with Crippen LogP contribution in [0.1, 0.15) is 14.5 Å². The van der Waals surface area contributed by atoms with Crippen LogP contribution in [-0.4, -0.2) is 40.2 Å². The van der Waals surface area contributed by atoms with Gasteiger partial charge in [-0.05, 0) is 11.4 Å². The molecule has 9 nitrogen and oxygen atoms in total. The first-order valence-corrected chi connectivity index (χ1v) is 9.54. The number of carbonyl (C=O) groups is 1. The molecule has 0 aromatic carbocycles. The van der Waals surface area contributed by atoms with Crippen LogP contribution in [-0.2, 0) is 6.54 Å². The van der Waals surface area contributed by atoms with Gasteiger partial charge in [0.05, 0.1) is 5.69 Å². The number of thiophene rings is 2. The number of nitrogens with one attached hydrogen (secondary N) is 4. The summed E-state index contributed by atoms with van der Waals surface area (Å²) in [5.41, 5.74) is -0.937. The molecule has 142 valence electrons. The van der Waals surface area contributed by atoms with Gasteiger partial charge in [-0.1, -0.05) is 6.07 Å². The molecule has 5 N–H and O–H groups in total. The summed E-state index contributed by atoms with van der Waals surface area (Å²) in [6.45, 7) is 0.360. The Labute approximate surface area is 161 Å². The Hall–Kier alpha value is -3.05. The number of hydrogen-bond donors (Lipinski definition) is 5. The van der Waals surface area contributed by atoms with Crippen LogP contribution in [0.5, 0.6) is 5.75 Å². The third kappa shape index (κ3) is 3.88. The highest BCUT2D eigenvalue weighted by molar-refractivity contribution is 7.13. The average Bonchev–Trinajstić information content (AvgIpc) is 3.27. The van der Waals surface area contributed by atoms with Gasteiger partial charge in [0.25, 0.3) is 17.0 Å². The fourth-order valence-corrected chi connectivity index (χ4v) is 3.83. The fourth-order valence-electron chi connectivity index (χ4n) is 2.27. The van der Waals surface area contributed by atoms with Gasteiger partial charge in [0, 0.05) is 30.9 Å². The lowest BCUT2D eigenvalue weighted by atomic mass is 10.3. The average molecular weight is 407 g/mol. The molecule has 0 aliphatic carbocycles. The van der Waals surface area contributed by atoms with Gasteiger partial charge in [-0.15, -0.1) is 22.7 Å². The molecule has 0 unspecified atom stereocenters. The van der Waals surface area contributed by atoms with Crippen molar-refractivity contribution in [3.05, 3.63) is 53.4 Å². The molecule has 0 aliphatic heterocycles. The van der Waals surface area contributed by atoms with E-state index in [9.17, 15) is 19.5 Å². The molecule has 3 rings (SSSR count). The van der Waals surface area contributed by atoms with Gasteiger partial charge in [0.1, 0.15) is 16.3 Å². The van der Waals surface area contributed by atoms with E-state index in [1.54, 1.807) is 14.1 Å². The molecular formula is C16H17N5O4S2. The van der Waals surface area contributed by atoms with Crippen molar-refractivity contribution in [2.45, 2.75) is 6.54 Å². The summed E-state index contributed by atoms with van der Waals surface area (Å²) in [5.74, 6) is -0.635. The summed E-state index contributed by atoms with van der Waals surface area (Å²) in [7, 11) is 3.14. The molecular weight excluding hydrogens is 390 g/mol. The van der Waals surface area contributed by atoms with E-state index < -0.39 is 11.1 Å². The van der Waals surface area contributed by atoms with Crippen LogP contribution >= 0.6 is 22.7 Å². The van der Waals surface area contributed by atoms with Gasteiger partial charge in [0.15, 0.2) is 5.75 Å². The zero-order chi connectivity index (χ0) is 19.6. The summed E-state index contributed by atoms with van der Waals surface area (Å²) in [6.07, 6.45) is 0. The van der Waals surface area contributed by atoms with E-state index in [0.29, 0.717) is 6.54 Å². The molecule has 3 aromatic rings. The van der Waals surface area contributed by atoms with Crippen LogP contribution in [0, 0.1) is 0 Å². The Morgan fingerprint density at radius 3 is 2.52 bits per heavy atom. The molecule has 27 heavy (non-hydrogen) atoms. The second kappa shape index (κ2) is 7.68. The number of amides is 1. The van der Waals surface area contributed by atoms with Gasteiger partial charge in [-0.3, -0.25) is 24.6 Å². The number of nitrogens with zero attached hydrogens (tertiary/aromatic N) is 1. The Kier molecular flexibility index (Phi) is 5.33. The van der Waals surface area contributed by atoms with Crippen molar-refractivity contribution in [2.75, 3.05) is 24.7 Å². The summed E-state index contributed by atoms with van der Waals surface area (Å²) >= 11 is 2.55. The summed E-state index contributed by atoms with van der Waals surface area (Å²) in [4.78, 5) is 38.9. The Bertz CT molecular complexity index is 1070. The number of aromatic nitrogens is 2. The van der Waals surface area contributed by atoms with Crippen LogP contribution in [0.2, 0.25) is 0 Å². The number of hydrogen-bond acceptors (Lipinski definition) is 8. The quantitative estimate of drug-likeness (QED) is 0.425. The van der Waals surface area contributed by atoms with Gasteiger partial charge in [0.2, 0.25) is 0 Å². The maximum atomic E-state index is 12.2. The van der Waals surface area contributed by atoms with Crippen LogP contribution in [0.3, 0.4) is 0 Å². The van der Waals surface area contributed by atoms with Crippen LogP contribution < -0.4 is 21.8 Å². The van der Waals surface area contributed by atoms with Crippen molar-refractivity contribution in [1.82, 2.24) is 15.1 Å². The minimum atomic E-state index is -0.575. The standard InChI is InChI=1S/C16H17N5O4S2/c1-21(2)16(25)13-12(22)9(7-27-13)18-11-10(14(23)19-20-15(11)24)17-6-8-4-3-5-26-8/h3-5,7,22H,6H2,1-2H3,(H2,17,20,24)(H2,18,19,23). The minimum Gasteiger partial charge on any atom is -0.504 e. The molecule has 0 fully saturated rings. The third-order valence-electron chi connectivity index (χ3n) is 3.64. The number of H-pyrrole nitrogens is 2. The van der Waals surface area contributed by atoms with E-state index in [-0.39, 0.29) is 33.6 Å². The Balaban J connectivity index is 1.93. The zero-order valence-corrected chi connectivity index (χ0v) is 16.1. The van der Waals surface area contributed by atoms with Crippen LogP contribution in [0.4, 0.5) is 17.1 Å². The first-order valence-electron chi connectivity index (χ1n) is 7.78. The fraction of sp³-hybridized carbons (Fsp3) is 0.188. The molecule has 0 saturated carbocycles. The van der Waals surface area contributed by atoms with Crippen LogP contribution in [0.15, 0.2) is 32.5 Å². The van der Waals surface area contributed by atoms with Crippen molar-refractivity contribution >= 4 is 45.6 Å². The predicted octanol–water partition coefficient (Wildman–Crippen LogP) is 1.95. The summed E-state index contributed by atoms with van der Waals surface area (Å²) in [6, 6.07) is 3.78. The maximum Gasteiger partial charge on any atom is 0.288 e. The maximum absolute atomic E-state index is 12.2. The van der Waals surface area contributed by atoms with Crippen molar-refractivity contribution in [1.29, 1.82) is 0 Å². The monoisotopic (exact) mass is 407 g/mol. The first-order chi connectivity index (χ1) is 12.9. The molecule has 3 heterocycles. The second-order valence-electron chi connectivity index (χ2n) is 5.74. The highest BCUT2D eigenvalue weighted by Gasteiger charge is 2.21. The largest absolute Gasteiger partial charge is 0.504 e. The predicted molar refractivity (Wildman–Crippen MR) is 107 cm³/mol. The second-order valence-corrected chi connectivity index (χ2v) is 7.65. The molecule has 0 radical (unpaired) electrons. The van der Waals surface area contributed by atoms with Crippen molar-refractivity contribution in [3.8, 4) is 5.75 Å². The number of aromatic hydroxyl groups is 1. The molecule has 0 bridgehead atoms. The number of aromatic amines is 2. The highest BCUT2D eigenvalue weighted by Crippen LogP contribution is 2.36. The molecule has 0 saturated heterocycles. The number of carbonyl (C=O) groups excluding carboxylic acids is 1. The Morgan fingerprint density at radius 1 is 1.19 bits per heavy atom. The van der Waals surface area contributed by atoms with Gasteiger partial charge in [-0.2, -0.15) is 0 Å². The summed E-state index contributed by atoms with van der Waals surface area (Å²) < 4.78 is 0. The lowest BCUT2D eigenvalue weighted by molar-refractivity contribution is 0.0829. The SMILES string of the molecule is CN(C)C(=O)c1scc(Nc2c(NCc3cccs3)c(=O)[nH][nH]c2=O)c1O. The van der Waals surface area contributed by atoms with Gasteiger partial charge in [-0.25, -0.2) is 0 Å². The van der Waals surface area contributed by atoms with E-state index in [0.717, 1.165) is 16.2 Å². The van der Waals surface area contributed by atoms with E-state index in [2.05, 4.69) is 20.8 Å². The van der Waals surface area contributed by atoms with Crippen molar-refractivity contribution in [3.63, 3.8) is 0 Å². The van der Waals surface area contributed by atoms with Gasteiger partial charge < -0.3 is 20.6 Å². The van der Waals surface area contributed by atoms with Crippen molar-refractivity contribution in [2.24, 2.45) is 0 Å². The number of rotatable bonds is 6. The minimum absolute atomic E-state index is 0.0400. The van der Waals surface area contributed by atoms with Crippen LogP contribution in [0.25, 0.3) is 0 Å². The Morgan fingerprint density at radius 2 is 1.89 bits per heavy atom. The van der Waals surface area contributed by atoms with E-state index >= 15 is 0 Å². The smallest absolute Gasteiger partial charge is 0.288 e. The molecule has 3 aromatic heterocycles. The lowest BCUT2D eigenvalue weighted by Gasteiger charge is -2.12. The van der Waals surface area contributed by atoms with E-state index in [4.69, 9.17) is 0 Å². The van der Waals surface area contributed by atoms with Gasteiger partial charge >= 0.3 is 0 Å². The highest BCUT2D eigenvalue weighted by atomic mass is 32.1. The topological polar surface area (TPSA) is 130 Å². The van der Waals surface area contributed by atoms with E-state index in [1.807, 2.05) is 17.5 Å². The lowest BCUT2D eigenvalue weighted by Crippen LogP contribution is -2.25. The summed E-state index contributed by atoms with van der Waals surface area (Å²) in [5, 5.41) is 24.0. The van der Waals surface area contributed by atoms with E-state index in [1.165, 1.54) is 21.6 Å². The normalized spacial score (nSPS) is 10.6.